The summed E-state index contributed by atoms with van der Waals surface area (Å²) in [5, 5.41) is 13.2. The summed E-state index contributed by atoms with van der Waals surface area (Å²) in [5.74, 6) is 0.775. The third-order valence-corrected chi connectivity index (χ3v) is 7.16. The zero-order chi connectivity index (χ0) is 24.8. The third-order valence-electron chi connectivity index (χ3n) is 4.80. The molecule has 0 saturated carbocycles. The van der Waals surface area contributed by atoms with Crippen molar-refractivity contribution in [2.75, 3.05) is 17.7 Å². The van der Waals surface area contributed by atoms with E-state index in [4.69, 9.17) is 21.1 Å². The predicted molar refractivity (Wildman–Crippen MR) is 135 cm³/mol. The van der Waals surface area contributed by atoms with E-state index in [9.17, 15) is 9.59 Å². The van der Waals surface area contributed by atoms with Gasteiger partial charge in [0.05, 0.1) is 17.9 Å². The minimum atomic E-state index is -0.449. The molecule has 1 unspecified atom stereocenters. The Hall–Kier alpha value is -2.56. The van der Waals surface area contributed by atoms with Crippen molar-refractivity contribution < 1.29 is 19.1 Å². The average Bonchev–Trinajstić information content (AvgIpc) is 3.37. The Bertz CT molecular complexity index is 1180. The highest BCUT2D eigenvalue weighted by Crippen LogP contribution is 2.30. The Labute approximate surface area is 212 Å². The Morgan fingerprint density at radius 1 is 1.24 bits per heavy atom. The molecule has 0 radical (unpaired) electrons. The van der Waals surface area contributed by atoms with Crippen LogP contribution in [0.5, 0.6) is 5.75 Å². The SMILES string of the molecule is CCOC(=O)c1cc(C)sc1NC(=O)CSc1nnc(C(C)Oc2ccc(Cl)c(C)c2)n1CC. The van der Waals surface area contributed by atoms with Gasteiger partial charge in [0.1, 0.15) is 10.8 Å². The highest BCUT2D eigenvalue weighted by atomic mass is 35.5. The lowest BCUT2D eigenvalue weighted by atomic mass is 10.2. The number of hydrogen-bond acceptors (Lipinski definition) is 8. The minimum absolute atomic E-state index is 0.114. The highest BCUT2D eigenvalue weighted by molar-refractivity contribution is 7.99. The summed E-state index contributed by atoms with van der Waals surface area (Å²) in [6.45, 7) is 10.3. The number of hydrogen-bond donors (Lipinski definition) is 1. The fraction of sp³-hybridized carbons (Fsp3) is 0.391. The van der Waals surface area contributed by atoms with E-state index in [0.717, 1.165) is 10.4 Å². The number of carbonyl (C=O) groups is 2. The van der Waals surface area contributed by atoms with Crippen molar-refractivity contribution >= 4 is 51.6 Å². The molecule has 182 valence electrons. The number of thioether (sulfide) groups is 1. The van der Waals surface area contributed by atoms with Crippen molar-refractivity contribution in [2.45, 2.75) is 52.4 Å². The first-order valence-electron chi connectivity index (χ1n) is 10.8. The summed E-state index contributed by atoms with van der Waals surface area (Å²) < 4.78 is 13.0. The normalized spacial score (nSPS) is 11.8. The van der Waals surface area contributed by atoms with Crippen molar-refractivity contribution in [3.05, 3.63) is 51.1 Å². The summed E-state index contributed by atoms with van der Waals surface area (Å²) >= 11 is 8.71. The maximum atomic E-state index is 12.6. The zero-order valence-corrected chi connectivity index (χ0v) is 22.1. The van der Waals surface area contributed by atoms with E-state index in [0.29, 0.717) is 38.9 Å². The summed E-state index contributed by atoms with van der Waals surface area (Å²) in [7, 11) is 0. The Kier molecular flexibility index (Phi) is 8.98. The lowest BCUT2D eigenvalue weighted by molar-refractivity contribution is -0.113. The molecule has 0 aliphatic heterocycles. The number of thiophene rings is 1. The third kappa shape index (κ3) is 6.31. The maximum Gasteiger partial charge on any atom is 0.341 e. The number of esters is 1. The molecule has 11 heteroatoms. The van der Waals surface area contributed by atoms with Gasteiger partial charge in [-0.1, -0.05) is 23.4 Å². The van der Waals surface area contributed by atoms with Crippen LogP contribution in [-0.4, -0.2) is 39.0 Å². The van der Waals surface area contributed by atoms with Crippen molar-refractivity contribution in [1.29, 1.82) is 0 Å². The first-order chi connectivity index (χ1) is 16.2. The van der Waals surface area contributed by atoms with Crippen LogP contribution in [0.1, 0.15) is 53.5 Å². The van der Waals surface area contributed by atoms with Gasteiger partial charge in [-0.2, -0.15) is 0 Å². The van der Waals surface area contributed by atoms with E-state index >= 15 is 0 Å². The lowest BCUT2D eigenvalue weighted by Crippen LogP contribution is -2.16. The Balaban J connectivity index is 1.65. The number of carbonyl (C=O) groups excluding carboxylic acids is 2. The van der Waals surface area contributed by atoms with Crippen LogP contribution in [0.15, 0.2) is 29.4 Å². The first-order valence-corrected chi connectivity index (χ1v) is 13.0. The topological polar surface area (TPSA) is 95.3 Å². The van der Waals surface area contributed by atoms with Crippen molar-refractivity contribution in [2.24, 2.45) is 0 Å². The van der Waals surface area contributed by atoms with Gasteiger partial charge in [0.15, 0.2) is 17.1 Å². The largest absolute Gasteiger partial charge is 0.483 e. The van der Waals surface area contributed by atoms with Gasteiger partial charge >= 0.3 is 5.97 Å². The van der Waals surface area contributed by atoms with Crippen LogP contribution in [-0.2, 0) is 16.1 Å². The summed E-state index contributed by atoms with van der Waals surface area (Å²) in [5.41, 5.74) is 1.29. The molecule has 0 fully saturated rings. The molecule has 0 aliphatic rings. The van der Waals surface area contributed by atoms with Gasteiger partial charge in [-0.05, 0) is 64.4 Å². The standard InChI is InChI=1S/C23H27ClN4O4S2/c1-6-28-20(15(5)32-16-8-9-18(24)13(3)10-16)26-27-23(28)33-12-19(29)25-21-17(11-14(4)34-21)22(30)31-7-2/h8-11,15H,6-7,12H2,1-5H3,(H,25,29). The monoisotopic (exact) mass is 522 g/mol. The van der Waals surface area contributed by atoms with Crippen LogP contribution in [0, 0.1) is 13.8 Å². The summed E-state index contributed by atoms with van der Waals surface area (Å²) in [6.07, 6.45) is -0.350. The molecule has 1 amide bonds. The van der Waals surface area contributed by atoms with Gasteiger partial charge in [-0.3, -0.25) is 4.79 Å². The number of amides is 1. The molecule has 1 atom stereocenters. The van der Waals surface area contributed by atoms with Gasteiger partial charge in [-0.15, -0.1) is 21.5 Å². The quantitative estimate of drug-likeness (QED) is 0.270. The molecule has 0 bridgehead atoms. The number of aromatic nitrogens is 3. The van der Waals surface area contributed by atoms with E-state index < -0.39 is 5.97 Å². The fourth-order valence-corrected chi connectivity index (χ4v) is 5.06. The molecule has 2 heterocycles. The number of rotatable bonds is 10. The van der Waals surface area contributed by atoms with E-state index in [2.05, 4.69) is 15.5 Å². The fourth-order valence-electron chi connectivity index (χ4n) is 3.21. The molecule has 0 saturated heterocycles. The first kappa shape index (κ1) is 26.1. The van der Waals surface area contributed by atoms with Crippen LogP contribution in [0.3, 0.4) is 0 Å². The number of nitrogens with zero attached hydrogens (tertiary/aromatic N) is 3. The van der Waals surface area contributed by atoms with Gasteiger partial charge in [0.25, 0.3) is 0 Å². The molecule has 0 aliphatic carbocycles. The van der Waals surface area contributed by atoms with E-state index in [1.807, 2.05) is 44.4 Å². The van der Waals surface area contributed by atoms with Crippen LogP contribution >= 0.6 is 34.7 Å². The smallest absolute Gasteiger partial charge is 0.341 e. The Morgan fingerprint density at radius 3 is 2.68 bits per heavy atom. The molecule has 3 rings (SSSR count). The van der Waals surface area contributed by atoms with Crippen LogP contribution in [0.2, 0.25) is 5.02 Å². The van der Waals surface area contributed by atoms with E-state index in [1.165, 1.54) is 23.1 Å². The summed E-state index contributed by atoms with van der Waals surface area (Å²) in [6, 6.07) is 7.21. The molecule has 34 heavy (non-hydrogen) atoms. The van der Waals surface area contributed by atoms with Gasteiger partial charge in [0, 0.05) is 16.4 Å². The predicted octanol–water partition coefficient (Wildman–Crippen LogP) is 5.68. The highest BCUT2D eigenvalue weighted by Gasteiger charge is 2.21. The van der Waals surface area contributed by atoms with Crippen LogP contribution < -0.4 is 10.1 Å². The molecule has 8 nitrogen and oxygen atoms in total. The van der Waals surface area contributed by atoms with Gasteiger partial charge in [-0.25, -0.2) is 4.79 Å². The maximum absolute atomic E-state index is 12.6. The second-order valence-electron chi connectivity index (χ2n) is 7.41. The van der Waals surface area contributed by atoms with Crippen molar-refractivity contribution in [1.82, 2.24) is 14.8 Å². The average molecular weight is 523 g/mol. The van der Waals surface area contributed by atoms with Crippen molar-refractivity contribution in [3.8, 4) is 5.75 Å². The molecule has 1 aromatic carbocycles. The van der Waals surface area contributed by atoms with Gasteiger partial charge in [0.2, 0.25) is 5.91 Å². The van der Waals surface area contributed by atoms with Crippen molar-refractivity contribution in [3.63, 3.8) is 0 Å². The molecule has 0 spiro atoms. The zero-order valence-electron chi connectivity index (χ0n) is 19.7. The molecular formula is C23H27ClN4O4S2. The van der Waals surface area contributed by atoms with Crippen LogP contribution in [0.4, 0.5) is 5.00 Å². The van der Waals surface area contributed by atoms with E-state index in [-0.39, 0.29) is 24.4 Å². The number of benzene rings is 1. The number of halogens is 1. The van der Waals surface area contributed by atoms with E-state index in [1.54, 1.807) is 19.1 Å². The van der Waals surface area contributed by atoms with Gasteiger partial charge < -0.3 is 19.4 Å². The summed E-state index contributed by atoms with van der Waals surface area (Å²) in [4.78, 5) is 25.7. The molecular weight excluding hydrogens is 496 g/mol. The number of nitrogens with one attached hydrogen (secondary N) is 1. The molecule has 1 N–H and O–H groups in total. The second-order valence-corrected chi connectivity index (χ2v) is 10.0. The molecule has 3 aromatic rings. The van der Waals surface area contributed by atoms with Crippen LogP contribution in [0.25, 0.3) is 0 Å². The Morgan fingerprint density at radius 2 is 2.00 bits per heavy atom. The molecule has 2 aromatic heterocycles. The second kappa shape index (κ2) is 11.7. The number of ether oxygens (including phenoxy) is 2. The lowest BCUT2D eigenvalue weighted by Gasteiger charge is -2.16. The minimum Gasteiger partial charge on any atom is -0.483 e. The number of aryl methyl sites for hydroxylation is 2. The number of anilines is 1.